The van der Waals surface area contributed by atoms with Crippen molar-refractivity contribution in [3.8, 4) is 0 Å². The van der Waals surface area contributed by atoms with E-state index in [-0.39, 0.29) is 18.0 Å². The molecule has 7 heteroatoms. The van der Waals surface area contributed by atoms with Crippen LogP contribution in [-0.4, -0.2) is 25.8 Å². The minimum atomic E-state index is -4.03. The molecule has 1 aliphatic carbocycles. The second-order valence-corrected chi connectivity index (χ2v) is 7.10. The Bertz CT molecular complexity index is 603. The highest BCUT2D eigenvalue weighted by atomic mass is 35.5. The zero-order valence-electron chi connectivity index (χ0n) is 11.1. The van der Waals surface area contributed by atoms with Crippen LogP contribution in [-0.2, 0) is 15.9 Å². The van der Waals surface area contributed by atoms with E-state index in [1.54, 1.807) is 6.92 Å². The topological polar surface area (TPSA) is 37.4 Å². The number of alkyl halides is 1. The molecule has 2 rings (SSSR count). The van der Waals surface area contributed by atoms with E-state index in [9.17, 15) is 17.2 Å². The van der Waals surface area contributed by atoms with Crippen LogP contribution < -0.4 is 0 Å². The van der Waals surface area contributed by atoms with E-state index >= 15 is 0 Å². The lowest BCUT2D eigenvalue weighted by Gasteiger charge is -2.21. The molecule has 1 fully saturated rings. The highest BCUT2D eigenvalue weighted by Gasteiger charge is 2.33. The molecule has 20 heavy (non-hydrogen) atoms. The summed E-state index contributed by atoms with van der Waals surface area (Å²) < 4.78 is 53.4. The highest BCUT2D eigenvalue weighted by molar-refractivity contribution is 7.89. The van der Waals surface area contributed by atoms with E-state index < -0.39 is 26.6 Å². The molecule has 0 aromatic heterocycles. The van der Waals surface area contributed by atoms with Gasteiger partial charge in [0.25, 0.3) is 0 Å². The van der Waals surface area contributed by atoms with Crippen molar-refractivity contribution in [1.29, 1.82) is 0 Å². The number of rotatable bonds is 6. The summed E-state index contributed by atoms with van der Waals surface area (Å²) in [6.45, 7) is 2.26. The second-order valence-electron chi connectivity index (χ2n) is 4.92. The molecule has 0 heterocycles. The van der Waals surface area contributed by atoms with Gasteiger partial charge in [-0.1, -0.05) is 6.92 Å². The summed E-state index contributed by atoms with van der Waals surface area (Å²) in [6.07, 6.45) is 1.95. The Morgan fingerprint density at radius 1 is 1.35 bits per heavy atom. The predicted octanol–water partition coefficient (Wildman–Crippen LogP) is 3.12. The maximum Gasteiger partial charge on any atom is 0.246 e. The zero-order chi connectivity index (χ0) is 14.9. The fourth-order valence-electron chi connectivity index (χ4n) is 2.01. The number of sulfonamides is 1. The molecular formula is C13H16ClF2NO2S. The van der Waals surface area contributed by atoms with Crippen LogP contribution in [0.15, 0.2) is 17.0 Å². The van der Waals surface area contributed by atoms with Gasteiger partial charge in [0.15, 0.2) is 11.6 Å². The molecule has 1 saturated carbocycles. The lowest BCUT2D eigenvalue weighted by atomic mass is 10.2. The molecule has 1 aromatic carbocycles. The van der Waals surface area contributed by atoms with Crippen LogP contribution in [0.3, 0.4) is 0 Å². The third-order valence-corrected chi connectivity index (χ3v) is 5.59. The van der Waals surface area contributed by atoms with Crippen molar-refractivity contribution >= 4 is 21.6 Å². The van der Waals surface area contributed by atoms with Crippen molar-refractivity contribution in [2.75, 3.05) is 13.1 Å². The smallest absolute Gasteiger partial charge is 0.207 e. The molecular weight excluding hydrogens is 308 g/mol. The van der Waals surface area contributed by atoms with Gasteiger partial charge in [0, 0.05) is 19.0 Å². The summed E-state index contributed by atoms with van der Waals surface area (Å²) in [5.74, 6) is -2.28. The molecule has 0 unspecified atom stereocenters. The van der Waals surface area contributed by atoms with Crippen LogP contribution in [0, 0.1) is 17.6 Å². The molecule has 0 N–H and O–H groups in total. The number of halogens is 3. The fourth-order valence-corrected chi connectivity index (χ4v) is 3.81. The molecule has 0 saturated heterocycles. The van der Waals surface area contributed by atoms with E-state index in [2.05, 4.69) is 0 Å². The molecule has 0 atom stereocenters. The Balaban J connectivity index is 2.43. The van der Waals surface area contributed by atoms with Crippen LogP contribution in [0.4, 0.5) is 8.78 Å². The first-order valence-corrected chi connectivity index (χ1v) is 8.41. The number of hydrogen-bond acceptors (Lipinski definition) is 2. The van der Waals surface area contributed by atoms with Crippen molar-refractivity contribution < 1.29 is 17.2 Å². The van der Waals surface area contributed by atoms with E-state index in [1.807, 2.05) is 0 Å². The van der Waals surface area contributed by atoms with Gasteiger partial charge in [-0.3, -0.25) is 0 Å². The van der Waals surface area contributed by atoms with E-state index in [4.69, 9.17) is 11.6 Å². The summed E-state index contributed by atoms with van der Waals surface area (Å²) in [4.78, 5) is -0.629. The van der Waals surface area contributed by atoms with Crippen LogP contribution in [0.1, 0.15) is 25.3 Å². The van der Waals surface area contributed by atoms with Crippen molar-refractivity contribution in [2.24, 2.45) is 5.92 Å². The molecule has 0 spiro atoms. The van der Waals surface area contributed by atoms with Crippen molar-refractivity contribution in [1.82, 2.24) is 4.31 Å². The number of benzene rings is 1. The van der Waals surface area contributed by atoms with Gasteiger partial charge in [-0.15, -0.1) is 11.6 Å². The van der Waals surface area contributed by atoms with Gasteiger partial charge in [-0.05, 0) is 36.5 Å². The van der Waals surface area contributed by atoms with Crippen molar-refractivity contribution in [3.05, 3.63) is 29.3 Å². The maximum atomic E-state index is 13.8. The Morgan fingerprint density at radius 3 is 2.50 bits per heavy atom. The third kappa shape index (κ3) is 3.13. The first-order valence-electron chi connectivity index (χ1n) is 6.44. The fraction of sp³-hybridized carbons (Fsp3) is 0.538. The quantitative estimate of drug-likeness (QED) is 0.754. The SMILES string of the molecule is CCN(CC1CC1)S(=O)(=O)c1cc(CCl)cc(F)c1F. The molecule has 0 amide bonds. The highest BCUT2D eigenvalue weighted by Crippen LogP contribution is 2.32. The standard InChI is InChI=1S/C13H16ClF2NO2S/c1-2-17(8-9-3-4-9)20(18,19)12-6-10(7-14)5-11(15)13(12)16/h5-6,9H,2-4,7-8H2,1H3. The molecule has 3 nitrogen and oxygen atoms in total. The summed E-state index contributed by atoms with van der Waals surface area (Å²) in [7, 11) is -4.03. The lowest BCUT2D eigenvalue weighted by Crippen LogP contribution is -2.33. The van der Waals surface area contributed by atoms with Gasteiger partial charge in [-0.2, -0.15) is 4.31 Å². The first kappa shape index (κ1) is 15.7. The lowest BCUT2D eigenvalue weighted by molar-refractivity contribution is 0.404. The largest absolute Gasteiger partial charge is 0.246 e. The summed E-state index contributed by atoms with van der Waals surface area (Å²) in [5, 5.41) is 0. The van der Waals surface area contributed by atoms with Crippen LogP contribution in [0.5, 0.6) is 0 Å². The number of nitrogens with zero attached hydrogens (tertiary/aromatic N) is 1. The van der Waals surface area contributed by atoms with Gasteiger partial charge in [0.2, 0.25) is 10.0 Å². The average molecular weight is 324 g/mol. The minimum Gasteiger partial charge on any atom is -0.207 e. The number of hydrogen-bond donors (Lipinski definition) is 0. The van der Waals surface area contributed by atoms with Crippen molar-refractivity contribution in [3.63, 3.8) is 0 Å². The molecule has 0 bridgehead atoms. The van der Waals surface area contributed by atoms with Gasteiger partial charge < -0.3 is 0 Å². The molecule has 1 aromatic rings. The normalized spacial score (nSPS) is 15.8. The van der Waals surface area contributed by atoms with Crippen LogP contribution in [0.25, 0.3) is 0 Å². The Hall–Kier alpha value is -0.720. The second kappa shape index (κ2) is 5.95. The summed E-state index contributed by atoms with van der Waals surface area (Å²) >= 11 is 5.58. The average Bonchev–Trinajstić information content (AvgIpc) is 3.22. The van der Waals surface area contributed by atoms with Crippen LogP contribution >= 0.6 is 11.6 Å². The molecule has 112 valence electrons. The first-order chi connectivity index (χ1) is 9.40. The van der Waals surface area contributed by atoms with Gasteiger partial charge >= 0.3 is 0 Å². The maximum absolute atomic E-state index is 13.8. The summed E-state index contributed by atoms with van der Waals surface area (Å²) in [5.41, 5.74) is 0.242. The Labute approximate surface area is 122 Å². The van der Waals surface area contributed by atoms with Gasteiger partial charge in [0.05, 0.1) is 0 Å². The van der Waals surface area contributed by atoms with E-state index in [0.717, 1.165) is 25.0 Å². The zero-order valence-corrected chi connectivity index (χ0v) is 12.6. The van der Waals surface area contributed by atoms with E-state index in [0.29, 0.717) is 12.5 Å². The minimum absolute atomic E-state index is 0.0749. The Kier molecular flexibility index (Phi) is 4.66. The van der Waals surface area contributed by atoms with Gasteiger partial charge in [0.1, 0.15) is 4.90 Å². The van der Waals surface area contributed by atoms with E-state index in [1.165, 1.54) is 4.31 Å². The molecule has 0 aliphatic heterocycles. The monoisotopic (exact) mass is 323 g/mol. The van der Waals surface area contributed by atoms with Crippen LogP contribution in [0.2, 0.25) is 0 Å². The molecule has 0 radical (unpaired) electrons. The van der Waals surface area contributed by atoms with Gasteiger partial charge in [-0.25, -0.2) is 17.2 Å². The molecule has 1 aliphatic rings. The predicted molar refractivity (Wildman–Crippen MR) is 73.1 cm³/mol. The Morgan fingerprint density at radius 2 is 2.00 bits per heavy atom. The summed E-state index contributed by atoms with van der Waals surface area (Å²) in [6, 6.07) is 2.02. The van der Waals surface area contributed by atoms with Crippen molar-refractivity contribution in [2.45, 2.75) is 30.5 Å². The third-order valence-electron chi connectivity index (χ3n) is 3.34.